The fourth-order valence-corrected chi connectivity index (χ4v) is 2.09. The van der Waals surface area contributed by atoms with E-state index in [0.717, 1.165) is 6.26 Å². The van der Waals surface area contributed by atoms with Crippen LogP contribution in [0.5, 0.6) is 0 Å². The summed E-state index contributed by atoms with van der Waals surface area (Å²) in [5.41, 5.74) is 0.00215. The van der Waals surface area contributed by atoms with Crippen molar-refractivity contribution in [3.63, 3.8) is 0 Å². The van der Waals surface area contributed by atoms with E-state index in [1.807, 2.05) is 0 Å². The smallest absolute Gasteiger partial charge is 0.162 e. The van der Waals surface area contributed by atoms with E-state index in [1.165, 1.54) is 18.2 Å². The van der Waals surface area contributed by atoms with E-state index in [1.54, 1.807) is 28.7 Å². The molecule has 0 heterocycles. The Hall–Kier alpha value is -0.210. The summed E-state index contributed by atoms with van der Waals surface area (Å²) in [7, 11) is -3.40. The largest absolute Gasteiger partial charge is 0.386 e. The second-order valence-electron chi connectivity index (χ2n) is 3.15. The molecular weight excluding hydrogens is 334 g/mol. The Morgan fingerprint density at radius 1 is 1.40 bits per heavy atom. The van der Waals surface area contributed by atoms with Gasteiger partial charge < -0.3 is 5.11 Å². The fraction of sp³-hybridized carbons (Fsp3) is 0.333. The highest BCUT2D eigenvalue weighted by Gasteiger charge is 2.28. The SMILES string of the molecule is CS(=O)(=O)[C@@H](I)[C@H](O)c1ccccc1F. The predicted molar refractivity (Wildman–Crippen MR) is 64.0 cm³/mol. The second-order valence-corrected chi connectivity index (χ2v) is 7.50. The lowest BCUT2D eigenvalue weighted by Crippen LogP contribution is -2.22. The maximum atomic E-state index is 13.2. The van der Waals surface area contributed by atoms with Crippen LogP contribution in [-0.4, -0.2) is 23.0 Å². The molecule has 15 heavy (non-hydrogen) atoms. The zero-order chi connectivity index (χ0) is 11.6. The van der Waals surface area contributed by atoms with Gasteiger partial charge in [-0.2, -0.15) is 0 Å². The van der Waals surface area contributed by atoms with Crippen LogP contribution in [0.2, 0.25) is 0 Å². The molecule has 0 aliphatic carbocycles. The molecule has 0 saturated carbocycles. The first kappa shape index (κ1) is 12.9. The average Bonchev–Trinajstić information content (AvgIpc) is 2.15. The molecule has 1 aromatic rings. The van der Waals surface area contributed by atoms with Gasteiger partial charge in [-0.1, -0.05) is 40.8 Å². The quantitative estimate of drug-likeness (QED) is 0.670. The second kappa shape index (κ2) is 4.75. The zero-order valence-corrected chi connectivity index (χ0v) is 10.9. The van der Waals surface area contributed by atoms with Crippen molar-refractivity contribution in [1.29, 1.82) is 0 Å². The number of hydrogen-bond acceptors (Lipinski definition) is 3. The molecule has 0 radical (unpaired) electrons. The minimum atomic E-state index is -3.40. The van der Waals surface area contributed by atoms with Gasteiger partial charge in [0.05, 0.1) is 0 Å². The number of alkyl halides is 1. The normalized spacial score (nSPS) is 16.0. The van der Waals surface area contributed by atoms with E-state index < -0.39 is 25.0 Å². The predicted octanol–water partition coefficient (Wildman–Crippen LogP) is 1.66. The van der Waals surface area contributed by atoms with Gasteiger partial charge in [0.1, 0.15) is 15.2 Å². The topological polar surface area (TPSA) is 54.4 Å². The summed E-state index contributed by atoms with van der Waals surface area (Å²) >= 11 is 1.59. The van der Waals surface area contributed by atoms with Crippen LogP contribution >= 0.6 is 22.6 Å². The first-order valence-corrected chi connectivity index (χ1v) is 7.29. The Morgan fingerprint density at radius 3 is 2.40 bits per heavy atom. The van der Waals surface area contributed by atoms with Crippen LogP contribution in [0.25, 0.3) is 0 Å². The third kappa shape index (κ3) is 3.12. The number of halogens is 2. The van der Waals surface area contributed by atoms with Gasteiger partial charge in [-0.05, 0) is 6.07 Å². The third-order valence-corrected chi connectivity index (χ3v) is 6.41. The number of sulfone groups is 1. The van der Waals surface area contributed by atoms with Crippen molar-refractivity contribution in [1.82, 2.24) is 0 Å². The molecule has 3 nitrogen and oxygen atoms in total. The van der Waals surface area contributed by atoms with Crippen molar-refractivity contribution in [3.8, 4) is 0 Å². The van der Waals surface area contributed by atoms with E-state index in [-0.39, 0.29) is 5.56 Å². The minimum absolute atomic E-state index is 0.00215. The van der Waals surface area contributed by atoms with Crippen LogP contribution in [0, 0.1) is 5.82 Å². The average molecular weight is 344 g/mol. The molecule has 0 spiro atoms. The van der Waals surface area contributed by atoms with E-state index in [9.17, 15) is 17.9 Å². The fourth-order valence-electron chi connectivity index (χ4n) is 1.09. The molecule has 0 fully saturated rings. The van der Waals surface area contributed by atoms with Crippen molar-refractivity contribution >= 4 is 32.4 Å². The maximum Gasteiger partial charge on any atom is 0.162 e. The van der Waals surface area contributed by atoms with Crippen molar-refractivity contribution in [2.75, 3.05) is 6.26 Å². The number of aliphatic hydroxyl groups is 1. The van der Waals surface area contributed by atoms with Crippen molar-refractivity contribution in [2.24, 2.45) is 0 Å². The van der Waals surface area contributed by atoms with Gasteiger partial charge in [0, 0.05) is 11.8 Å². The Balaban J connectivity index is 3.06. The Morgan fingerprint density at radius 2 is 1.93 bits per heavy atom. The lowest BCUT2D eigenvalue weighted by atomic mass is 10.1. The molecule has 0 unspecified atom stereocenters. The number of rotatable bonds is 3. The van der Waals surface area contributed by atoms with Gasteiger partial charge in [0.15, 0.2) is 9.84 Å². The molecule has 0 aromatic heterocycles. The number of hydrogen-bond donors (Lipinski definition) is 1. The van der Waals surface area contributed by atoms with Crippen molar-refractivity contribution < 1.29 is 17.9 Å². The summed E-state index contributed by atoms with van der Waals surface area (Å²) < 4.78 is 34.5. The van der Waals surface area contributed by atoms with E-state index >= 15 is 0 Å². The van der Waals surface area contributed by atoms with Crippen LogP contribution in [0.4, 0.5) is 4.39 Å². The summed E-state index contributed by atoms with van der Waals surface area (Å²) in [6.45, 7) is 0. The molecule has 1 aromatic carbocycles. The highest BCUT2D eigenvalue weighted by Crippen LogP contribution is 2.28. The molecule has 0 aliphatic rings. The first-order valence-electron chi connectivity index (χ1n) is 4.09. The minimum Gasteiger partial charge on any atom is -0.386 e. The van der Waals surface area contributed by atoms with Gasteiger partial charge in [-0.3, -0.25) is 0 Å². The lowest BCUT2D eigenvalue weighted by Gasteiger charge is -2.16. The van der Waals surface area contributed by atoms with Crippen molar-refractivity contribution in [3.05, 3.63) is 35.6 Å². The van der Waals surface area contributed by atoms with Crippen LogP contribution in [0.3, 0.4) is 0 Å². The standard InChI is InChI=1S/C9H10FIO3S/c1-15(13,14)9(11)8(12)6-4-2-3-5-7(6)10/h2-5,8-9,12H,1H3/t8-,9-/m1/s1. The van der Waals surface area contributed by atoms with Crippen molar-refractivity contribution in [2.45, 2.75) is 9.36 Å². The van der Waals surface area contributed by atoms with Crippen LogP contribution in [-0.2, 0) is 9.84 Å². The molecule has 6 heteroatoms. The zero-order valence-electron chi connectivity index (χ0n) is 7.89. The molecule has 1 N–H and O–H groups in total. The summed E-state index contributed by atoms with van der Waals surface area (Å²) in [5.74, 6) is -0.602. The van der Waals surface area contributed by atoms with Crippen LogP contribution in [0.1, 0.15) is 11.7 Å². The van der Waals surface area contributed by atoms with E-state index in [2.05, 4.69) is 0 Å². The third-order valence-electron chi connectivity index (χ3n) is 1.88. The van der Waals surface area contributed by atoms with E-state index in [4.69, 9.17) is 0 Å². The Bertz CT molecular complexity index is 446. The van der Waals surface area contributed by atoms with Gasteiger partial charge >= 0.3 is 0 Å². The molecule has 0 aliphatic heterocycles. The lowest BCUT2D eigenvalue weighted by molar-refractivity contribution is 0.192. The monoisotopic (exact) mass is 344 g/mol. The van der Waals surface area contributed by atoms with Gasteiger partial charge in [-0.15, -0.1) is 0 Å². The molecule has 0 saturated heterocycles. The highest BCUT2D eigenvalue weighted by atomic mass is 127. The van der Waals surface area contributed by atoms with Gasteiger partial charge in [-0.25, -0.2) is 12.8 Å². The number of aliphatic hydroxyl groups excluding tert-OH is 1. The maximum absolute atomic E-state index is 13.2. The summed E-state index contributed by atoms with van der Waals surface area (Å²) in [6, 6.07) is 5.59. The summed E-state index contributed by atoms with van der Waals surface area (Å²) in [5, 5.41) is 9.68. The van der Waals surface area contributed by atoms with E-state index in [0.29, 0.717) is 0 Å². The molecule has 84 valence electrons. The first-order chi connectivity index (χ1) is 6.84. The summed E-state index contributed by atoms with van der Waals surface area (Å²) in [6.07, 6.45) is -0.337. The van der Waals surface area contributed by atoms with Crippen LogP contribution in [0.15, 0.2) is 24.3 Å². The molecule has 1 rings (SSSR count). The Labute approximate surface area is 101 Å². The summed E-state index contributed by atoms with van der Waals surface area (Å²) in [4.78, 5) is 0. The number of benzene rings is 1. The highest BCUT2D eigenvalue weighted by molar-refractivity contribution is 14.1. The molecule has 2 atom stereocenters. The van der Waals surface area contributed by atoms with Gasteiger partial charge in [0.2, 0.25) is 0 Å². The van der Waals surface area contributed by atoms with Crippen LogP contribution < -0.4 is 0 Å². The molecule has 0 bridgehead atoms. The van der Waals surface area contributed by atoms with Gasteiger partial charge in [0.25, 0.3) is 0 Å². The molecule has 0 amide bonds. The Kier molecular flexibility index (Phi) is 4.07. The molecular formula is C9H10FIO3S.